The van der Waals surface area contributed by atoms with Crippen LogP contribution >= 0.6 is 0 Å². The summed E-state index contributed by atoms with van der Waals surface area (Å²) in [6.07, 6.45) is -4.71. The molecule has 0 bridgehead atoms. The predicted octanol–water partition coefficient (Wildman–Crippen LogP) is 3.67. The molecule has 26 heavy (non-hydrogen) atoms. The lowest BCUT2D eigenvalue weighted by atomic mass is 10.2. The van der Waals surface area contributed by atoms with Crippen LogP contribution in [0.5, 0.6) is 5.75 Å². The zero-order valence-corrected chi connectivity index (χ0v) is 14.2. The minimum Gasteiger partial charge on any atom is -0.406 e. The molecule has 0 saturated carbocycles. The minimum absolute atomic E-state index is 0.164. The molecule has 0 saturated heterocycles. The second-order valence-electron chi connectivity index (χ2n) is 5.38. The molecule has 8 heteroatoms. The van der Waals surface area contributed by atoms with Crippen LogP contribution < -0.4 is 20.7 Å². The third kappa shape index (κ3) is 6.64. The number of benzene rings is 2. The van der Waals surface area contributed by atoms with Gasteiger partial charge in [-0.3, -0.25) is 4.79 Å². The van der Waals surface area contributed by atoms with Gasteiger partial charge in [-0.1, -0.05) is 6.92 Å². The normalized spacial score (nSPS) is 11.1. The van der Waals surface area contributed by atoms with E-state index in [0.29, 0.717) is 30.0 Å². The Morgan fingerprint density at radius 1 is 0.962 bits per heavy atom. The van der Waals surface area contributed by atoms with Crippen LogP contribution in [0.4, 0.5) is 24.5 Å². The Bertz CT molecular complexity index is 701. The van der Waals surface area contributed by atoms with Crippen LogP contribution in [0, 0.1) is 0 Å². The maximum absolute atomic E-state index is 12.1. The van der Waals surface area contributed by atoms with Gasteiger partial charge in [0.05, 0.1) is 0 Å². The summed E-state index contributed by atoms with van der Waals surface area (Å²) < 4.78 is 40.2. The van der Waals surface area contributed by atoms with Crippen LogP contribution in [-0.2, 0) is 0 Å². The van der Waals surface area contributed by atoms with Crippen LogP contribution in [0.1, 0.15) is 17.3 Å². The second-order valence-corrected chi connectivity index (χ2v) is 5.38. The smallest absolute Gasteiger partial charge is 0.406 e. The molecule has 140 valence electrons. The molecule has 0 aliphatic rings. The molecule has 0 aliphatic carbocycles. The molecule has 5 nitrogen and oxygen atoms in total. The average Bonchev–Trinajstić information content (AvgIpc) is 2.60. The van der Waals surface area contributed by atoms with Gasteiger partial charge < -0.3 is 20.7 Å². The molecule has 0 radical (unpaired) electrons. The van der Waals surface area contributed by atoms with E-state index in [2.05, 4.69) is 20.7 Å². The van der Waals surface area contributed by atoms with Crippen LogP contribution in [-0.4, -0.2) is 31.9 Å². The molecule has 0 unspecified atom stereocenters. The van der Waals surface area contributed by atoms with E-state index in [9.17, 15) is 18.0 Å². The Balaban J connectivity index is 1.89. The molecular formula is C18H20F3N3O2. The molecule has 0 spiro atoms. The molecule has 0 aromatic heterocycles. The number of likely N-dealkylation sites (N-methyl/N-ethyl adjacent to an activating group) is 1. The van der Waals surface area contributed by atoms with E-state index in [-0.39, 0.29) is 11.7 Å². The highest BCUT2D eigenvalue weighted by molar-refractivity contribution is 5.94. The maximum atomic E-state index is 12.1. The van der Waals surface area contributed by atoms with Gasteiger partial charge in [-0.2, -0.15) is 0 Å². The Morgan fingerprint density at radius 3 is 2.08 bits per heavy atom. The highest BCUT2D eigenvalue weighted by Crippen LogP contribution is 2.25. The number of anilines is 2. The van der Waals surface area contributed by atoms with Gasteiger partial charge in [-0.05, 0) is 55.1 Å². The molecule has 1 amide bonds. The van der Waals surface area contributed by atoms with E-state index in [1.165, 1.54) is 24.3 Å². The van der Waals surface area contributed by atoms with Crippen molar-refractivity contribution in [3.8, 4) is 5.75 Å². The van der Waals surface area contributed by atoms with Crippen molar-refractivity contribution in [3.63, 3.8) is 0 Å². The monoisotopic (exact) mass is 367 g/mol. The van der Waals surface area contributed by atoms with E-state index in [4.69, 9.17) is 0 Å². The van der Waals surface area contributed by atoms with E-state index in [1.807, 2.05) is 6.92 Å². The lowest BCUT2D eigenvalue weighted by Crippen LogP contribution is -2.31. The number of carbonyl (C=O) groups excluding carboxylic acids is 1. The zero-order chi connectivity index (χ0) is 19.0. The molecule has 2 aromatic rings. The summed E-state index contributed by atoms with van der Waals surface area (Å²) >= 11 is 0. The molecule has 0 heterocycles. The van der Waals surface area contributed by atoms with E-state index in [0.717, 1.165) is 6.54 Å². The Labute approximate surface area is 149 Å². The van der Waals surface area contributed by atoms with Crippen LogP contribution in [0.25, 0.3) is 0 Å². The quantitative estimate of drug-likeness (QED) is 0.623. The zero-order valence-electron chi connectivity index (χ0n) is 14.2. The first-order chi connectivity index (χ1) is 12.4. The number of alkyl halides is 3. The third-order valence-electron chi connectivity index (χ3n) is 3.36. The second kappa shape index (κ2) is 9.10. The fourth-order valence-corrected chi connectivity index (χ4v) is 2.15. The summed E-state index contributed by atoms with van der Waals surface area (Å²) in [6.45, 7) is 4.08. The first-order valence-electron chi connectivity index (χ1n) is 8.09. The molecule has 0 aliphatic heterocycles. The summed E-state index contributed by atoms with van der Waals surface area (Å²) in [6, 6.07) is 12.2. The number of amides is 1. The summed E-state index contributed by atoms with van der Waals surface area (Å²) in [4.78, 5) is 12.0. The largest absolute Gasteiger partial charge is 0.573 e. The van der Waals surface area contributed by atoms with Crippen molar-refractivity contribution >= 4 is 17.3 Å². The van der Waals surface area contributed by atoms with Gasteiger partial charge in [0.15, 0.2) is 0 Å². The topological polar surface area (TPSA) is 62.4 Å². The molecular weight excluding hydrogens is 347 g/mol. The van der Waals surface area contributed by atoms with Crippen LogP contribution in [0.3, 0.4) is 0 Å². The van der Waals surface area contributed by atoms with Gasteiger partial charge in [0.1, 0.15) is 5.75 Å². The van der Waals surface area contributed by atoms with Gasteiger partial charge in [-0.15, -0.1) is 13.2 Å². The summed E-state index contributed by atoms with van der Waals surface area (Å²) in [5.74, 6) is -0.448. The van der Waals surface area contributed by atoms with Gasteiger partial charge in [0.2, 0.25) is 0 Å². The molecule has 0 fully saturated rings. The number of hydrogen-bond acceptors (Lipinski definition) is 4. The SMILES string of the molecule is CCNCCNC(=O)c1ccc(Nc2ccc(OC(F)(F)F)cc2)cc1. The molecule has 2 aromatic carbocycles. The predicted molar refractivity (Wildman–Crippen MR) is 93.7 cm³/mol. The number of halogens is 3. The van der Waals surface area contributed by atoms with Crippen molar-refractivity contribution < 1.29 is 22.7 Å². The first kappa shape index (κ1) is 19.6. The van der Waals surface area contributed by atoms with Crippen molar-refractivity contribution in [2.45, 2.75) is 13.3 Å². The minimum atomic E-state index is -4.71. The highest BCUT2D eigenvalue weighted by atomic mass is 19.4. The molecule has 0 atom stereocenters. The number of rotatable bonds is 8. The lowest BCUT2D eigenvalue weighted by Gasteiger charge is -2.11. The number of ether oxygens (including phenoxy) is 1. The fourth-order valence-electron chi connectivity index (χ4n) is 2.15. The van der Waals surface area contributed by atoms with E-state index >= 15 is 0 Å². The van der Waals surface area contributed by atoms with E-state index < -0.39 is 6.36 Å². The number of hydrogen-bond donors (Lipinski definition) is 3. The average molecular weight is 367 g/mol. The molecule has 3 N–H and O–H groups in total. The Kier molecular flexibility index (Phi) is 6.85. The fraction of sp³-hybridized carbons (Fsp3) is 0.278. The van der Waals surface area contributed by atoms with Gasteiger partial charge >= 0.3 is 6.36 Å². The highest BCUT2D eigenvalue weighted by Gasteiger charge is 2.30. The van der Waals surface area contributed by atoms with Gasteiger partial charge in [0, 0.05) is 30.0 Å². The van der Waals surface area contributed by atoms with Gasteiger partial charge in [0.25, 0.3) is 5.91 Å². The van der Waals surface area contributed by atoms with Crippen molar-refractivity contribution in [2.75, 3.05) is 25.0 Å². The van der Waals surface area contributed by atoms with Crippen molar-refractivity contribution in [2.24, 2.45) is 0 Å². The summed E-state index contributed by atoms with van der Waals surface area (Å²) in [5.41, 5.74) is 1.84. The van der Waals surface area contributed by atoms with Crippen molar-refractivity contribution in [3.05, 3.63) is 54.1 Å². The van der Waals surface area contributed by atoms with Crippen molar-refractivity contribution in [1.82, 2.24) is 10.6 Å². The standard InChI is InChI=1S/C18H20F3N3O2/c1-2-22-11-12-23-17(25)13-3-5-14(6-4-13)24-15-7-9-16(10-8-15)26-18(19,20)21/h3-10,22,24H,2,11-12H2,1H3,(H,23,25). The van der Waals surface area contributed by atoms with Crippen LogP contribution in [0.2, 0.25) is 0 Å². The van der Waals surface area contributed by atoms with Gasteiger partial charge in [-0.25, -0.2) is 0 Å². The number of nitrogens with one attached hydrogen (secondary N) is 3. The van der Waals surface area contributed by atoms with E-state index in [1.54, 1.807) is 24.3 Å². The molecule has 2 rings (SSSR count). The third-order valence-corrected chi connectivity index (χ3v) is 3.36. The van der Waals surface area contributed by atoms with Crippen molar-refractivity contribution in [1.29, 1.82) is 0 Å². The maximum Gasteiger partial charge on any atom is 0.573 e. The Morgan fingerprint density at radius 2 is 1.54 bits per heavy atom. The summed E-state index contributed by atoms with van der Waals surface area (Å²) in [5, 5.41) is 8.95. The number of carbonyl (C=O) groups is 1. The lowest BCUT2D eigenvalue weighted by molar-refractivity contribution is -0.274. The summed E-state index contributed by atoms with van der Waals surface area (Å²) in [7, 11) is 0. The van der Waals surface area contributed by atoms with Crippen LogP contribution in [0.15, 0.2) is 48.5 Å². The first-order valence-corrected chi connectivity index (χ1v) is 8.09. The Hall–Kier alpha value is -2.74.